The number of nitrogens with one attached hydrogen (secondary N) is 3. The molecule has 0 amide bonds. The number of aromatic amines is 1. The van der Waals surface area contributed by atoms with Crippen LogP contribution in [0.4, 0.5) is 27.5 Å². The van der Waals surface area contributed by atoms with Crippen molar-refractivity contribution in [1.82, 2.24) is 15.2 Å². The zero-order valence-electron chi connectivity index (χ0n) is 15.6. The first-order chi connectivity index (χ1) is 14.4. The summed E-state index contributed by atoms with van der Waals surface area (Å²) in [6.07, 6.45) is 2.17. The minimum Gasteiger partial charge on any atom is -0.394 e. The van der Waals surface area contributed by atoms with Gasteiger partial charge >= 0.3 is 5.69 Å². The number of hydrogen-bond acceptors (Lipinski definition) is 7. The third-order valence-electron chi connectivity index (χ3n) is 4.78. The summed E-state index contributed by atoms with van der Waals surface area (Å²) < 4.78 is 13.2. The average Bonchev–Trinajstić information content (AvgIpc) is 3.47. The average molecular weight is 433 g/mol. The van der Waals surface area contributed by atoms with Crippen LogP contribution in [0.5, 0.6) is 0 Å². The Labute approximate surface area is 175 Å². The highest BCUT2D eigenvalue weighted by Gasteiger charge is 2.27. The number of aliphatic hydroxyl groups excluding tert-OH is 1. The zero-order chi connectivity index (χ0) is 21.3. The number of hydrogen-bond donors (Lipinski definition) is 4. The van der Waals surface area contributed by atoms with Gasteiger partial charge in [0.15, 0.2) is 5.82 Å². The molecule has 3 aromatic rings. The Morgan fingerprint density at radius 1 is 1.30 bits per heavy atom. The van der Waals surface area contributed by atoms with Crippen LogP contribution < -0.4 is 10.6 Å². The van der Waals surface area contributed by atoms with Crippen molar-refractivity contribution in [3.05, 3.63) is 68.6 Å². The molecule has 9 nitrogen and oxygen atoms in total. The summed E-state index contributed by atoms with van der Waals surface area (Å²) in [7, 11) is 0. The van der Waals surface area contributed by atoms with Crippen LogP contribution >= 0.6 is 11.6 Å². The number of H-pyrrole nitrogens is 1. The van der Waals surface area contributed by atoms with Crippen molar-refractivity contribution in [2.45, 2.75) is 24.8 Å². The minimum atomic E-state index is -0.642. The van der Waals surface area contributed by atoms with E-state index >= 15 is 0 Å². The van der Waals surface area contributed by atoms with Gasteiger partial charge in [-0.2, -0.15) is 5.10 Å². The second-order valence-electron chi connectivity index (χ2n) is 6.98. The molecule has 11 heteroatoms. The van der Waals surface area contributed by atoms with E-state index in [1.54, 1.807) is 6.07 Å². The summed E-state index contributed by atoms with van der Waals surface area (Å²) in [5.74, 6) is 0.526. The Kier molecular flexibility index (Phi) is 5.51. The maximum absolute atomic E-state index is 13.2. The fraction of sp³-hybridized carbons (Fsp3) is 0.263. The van der Waals surface area contributed by atoms with Crippen LogP contribution in [0.25, 0.3) is 0 Å². The standard InChI is InChI=1S/C19H18ClFN6O3/c20-13-7-16(27(29)30)19(23-17-8-14(25-26-17)10-1-2-10)24-18(13)22-15(9-28)11-3-5-12(21)6-4-11/h3-8,10,15,28H,1-2,9H2,(H3,22,23,24,25,26)/t15-/m0/s1. The predicted octanol–water partition coefficient (Wildman–Crippen LogP) is 4.27. The fourth-order valence-electron chi connectivity index (χ4n) is 3.03. The second-order valence-corrected chi connectivity index (χ2v) is 7.39. The molecule has 2 heterocycles. The van der Waals surface area contributed by atoms with Gasteiger partial charge in [0.1, 0.15) is 11.6 Å². The van der Waals surface area contributed by atoms with E-state index in [0.717, 1.165) is 18.5 Å². The molecule has 0 bridgehead atoms. The number of rotatable bonds is 8. The van der Waals surface area contributed by atoms with E-state index in [0.29, 0.717) is 17.3 Å². The number of nitrogens with zero attached hydrogens (tertiary/aromatic N) is 3. The van der Waals surface area contributed by atoms with E-state index in [-0.39, 0.29) is 29.0 Å². The molecular weight excluding hydrogens is 415 g/mol. The smallest absolute Gasteiger partial charge is 0.313 e. The molecule has 30 heavy (non-hydrogen) atoms. The first-order valence-corrected chi connectivity index (χ1v) is 9.62. The minimum absolute atomic E-state index is 0.00788. The molecule has 1 aliphatic carbocycles. The van der Waals surface area contributed by atoms with E-state index in [4.69, 9.17) is 11.6 Å². The lowest BCUT2D eigenvalue weighted by atomic mass is 10.1. The Hall–Kier alpha value is -3.24. The third-order valence-corrected chi connectivity index (χ3v) is 5.07. The molecule has 0 unspecified atom stereocenters. The Morgan fingerprint density at radius 3 is 2.67 bits per heavy atom. The topological polar surface area (TPSA) is 129 Å². The van der Waals surface area contributed by atoms with Crippen LogP contribution in [-0.4, -0.2) is 31.8 Å². The SMILES string of the molecule is O=[N+]([O-])c1cc(Cl)c(N[C@@H](CO)c2ccc(F)cc2)nc1Nc1cc(C2CC2)[nH]n1. The van der Waals surface area contributed by atoms with Crippen LogP contribution in [0, 0.1) is 15.9 Å². The lowest BCUT2D eigenvalue weighted by Gasteiger charge is -2.19. The Balaban J connectivity index is 1.62. The van der Waals surface area contributed by atoms with Gasteiger partial charge in [0.2, 0.25) is 5.82 Å². The molecule has 4 N–H and O–H groups in total. The third kappa shape index (κ3) is 4.34. The second kappa shape index (κ2) is 8.25. The van der Waals surface area contributed by atoms with Crippen LogP contribution in [-0.2, 0) is 0 Å². The van der Waals surface area contributed by atoms with Crippen molar-refractivity contribution in [3.8, 4) is 0 Å². The maximum Gasteiger partial charge on any atom is 0.313 e. The summed E-state index contributed by atoms with van der Waals surface area (Å²) in [5.41, 5.74) is 1.25. The van der Waals surface area contributed by atoms with Crippen molar-refractivity contribution in [1.29, 1.82) is 0 Å². The zero-order valence-corrected chi connectivity index (χ0v) is 16.4. The number of aromatic nitrogens is 3. The first-order valence-electron chi connectivity index (χ1n) is 9.24. The highest BCUT2D eigenvalue weighted by molar-refractivity contribution is 6.33. The Morgan fingerprint density at radius 2 is 2.03 bits per heavy atom. The number of benzene rings is 1. The number of anilines is 3. The van der Waals surface area contributed by atoms with Gasteiger partial charge in [0, 0.05) is 23.7 Å². The molecule has 1 atom stereocenters. The normalized spacial score (nSPS) is 14.4. The van der Waals surface area contributed by atoms with Gasteiger partial charge in [-0.1, -0.05) is 23.7 Å². The van der Waals surface area contributed by atoms with E-state index in [2.05, 4.69) is 25.8 Å². The lowest BCUT2D eigenvalue weighted by Crippen LogP contribution is -2.16. The van der Waals surface area contributed by atoms with Gasteiger partial charge < -0.3 is 15.7 Å². The van der Waals surface area contributed by atoms with E-state index < -0.39 is 16.8 Å². The number of aliphatic hydroxyl groups is 1. The van der Waals surface area contributed by atoms with Crippen molar-refractivity contribution >= 4 is 34.7 Å². The van der Waals surface area contributed by atoms with E-state index in [1.165, 1.54) is 30.3 Å². The predicted molar refractivity (Wildman–Crippen MR) is 110 cm³/mol. The molecule has 0 saturated heterocycles. The molecule has 156 valence electrons. The van der Waals surface area contributed by atoms with Crippen molar-refractivity contribution in [2.24, 2.45) is 0 Å². The summed E-state index contributed by atoms with van der Waals surface area (Å²) in [5, 5.41) is 34.1. The van der Waals surface area contributed by atoms with E-state index in [9.17, 15) is 19.6 Å². The van der Waals surface area contributed by atoms with Gasteiger partial charge in [-0.3, -0.25) is 15.2 Å². The van der Waals surface area contributed by atoms with Gasteiger partial charge in [-0.05, 0) is 30.5 Å². The fourth-order valence-corrected chi connectivity index (χ4v) is 3.23. The molecule has 4 rings (SSSR count). The first kappa shape index (κ1) is 20.0. The van der Waals surface area contributed by atoms with Crippen LogP contribution in [0.3, 0.4) is 0 Å². The Bertz CT molecular complexity index is 1070. The highest BCUT2D eigenvalue weighted by atomic mass is 35.5. The summed E-state index contributed by atoms with van der Waals surface area (Å²) in [6.45, 7) is -0.326. The quantitative estimate of drug-likeness (QED) is 0.309. The number of halogens is 2. The molecule has 1 aliphatic rings. The summed E-state index contributed by atoms with van der Waals surface area (Å²) in [4.78, 5) is 15.1. The van der Waals surface area contributed by atoms with Crippen LogP contribution in [0.1, 0.15) is 36.1 Å². The van der Waals surface area contributed by atoms with Gasteiger partial charge in [0.05, 0.1) is 22.6 Å². The molecule has 1 aromatic carbocycles. The molecule has 0 aliphatic heterocycles. The molecule has 0 spiro atoms. The lowest BCUT2D eigenvalue weighted by molar-refractivity contribution is -0.384. The number of nitro groups is 1. The van der Waals surface area contributed by atoms with Crippen LogP contribution in [0.15, 0.2) is 36.4 Å². The van der Waals surface area contributed by atoms with Crippen molar-refractivity contribution in [3.63, 3.8) is 0 Å². The van der Waals surface area contributed by atoms with Gasteiger partial charge in [-0.15, -0.1) is 0 Å². The summed E-state index contributed by atoms with van der Waals surface area (Å²) in [6, 6.07) is 7.90. The molecule has 0 radical (unpaired) electrons. The molecule has 1 fully saturated rings. The maximum atomic E-state index is 13.2. The number of pyridine rings is 1. The highest BCUT2D eigenvalue weighted by Crippen LogP contribution is 2.40. The van der Waals surface area contributed by atoms with Crippen LogP contribution in [0.2, 0.25) is 5.02 Å². The van der Waals surface area contributed by atoms with E-state index in [1.807, 2.05) is 0 Å². The molecular formula is C19H18ClFN6O3. The molecule has 1 saturated carbocycles. The monoisotopic (exact) mass is 432 g/mol. The molecule has 2 aromatic heterocycles. The van der Waals surface area contributed by atoms with Crippen molar-refractivity contribution in [2.75, 3.05) is 17.2 Å². The summed E-state index contributed by atoms with van der Waals surface area (Å²) >= 11 is 6.20. The van der Waals surface area contributed by atoms with Gasteiger partial charge in [-0.25, -0.2) is 9.37 Å². The van der Waals surface area contributed by atoms with Gasteiger partial charge in [0.25, 0.3) is 0 Å². The van der Waals surface area contributed by atoms with Crippen molar-refractivity contribution < 1.29 is 14.4 Å². The largest absolute Gasteiger partial charge is 0.394 e.